The van der Waals surface area contributed by atoms with Crippen molar-refractivity contribution in [1.29, 1.82) is 0 Å². The maximum Gasteiger partial charge on any atom is 0.127 e. The summed E-state index contributed by atoms with van der Waals surface area (Å²) in [6, 6.07) is 9.59. The first-order valence-electron chi connectivity index (χ1n) is 4.90. The zero-order chi connectivity index (χ0) is 11.7. The largest absolute Gasteiger partial charge is 0.508 e. The van der Waals surface area contributed by atoms with Gasteiger partial charge in [0.05, 0.1) is 0 Å². The predicted molar refractivity (Wildman–Crippen MR) is 61.6 cm³/mol. The molecule has 2 aromatic carbocycles. The molecule has 0 heterocycles. The van der Waals surface area contributed by atoms with Crippen molar-refractivity contribution in [3.8, 4) is 28.4 Å². The Labute approximate surface area is 93.2 Å². The molecule has 0 aliphatic heterocycles. The normalized spacial score (nSPS) is 10.3. The Morgan fingerprint density at radius 3 is 2.31 bits per heavy atom. The second-order valence-electron chi connectivity index (χ2n) is 3.71. The van der Waals surface area contributed by atoms with Crippen LogP contribution >= 0.6 is 0 Å². The van der Waals surface area contributed by atoms with Gasteiger partial charge in [0.2, 0.25) is 0 Å². The minimum atomic E-state index is -0.00583. The second-order valence-corrected chi connectivity index (χ2v) is 3.71. The number of rotatable bonds is 1. The molecule has 0 saturated carbocycles. The molecule has 0 saturated heterocycles. The van der Waals surface area contributed by atoms with Gasteiger partial charge in [-0.25, -0.2) is 0 Å². The molecule has 0 aliphatic carbocycles. The molecule has 2 aromatic rings. The molecule has 0 unspecified atom stereocenters. The summed E-state index contributed by atoms with van der Waals surface area (Å²) in [6.07, 6.45) is 0. The quantitative estimate of drug-likeness (QED) is 0.686. The first-order chi connectivity index (χ1) is 7.58. The molecule has 0 bridgehead atoms. The van der Waals surface area contributed by atoms with Crippen LogP contribution in [-0.4, -0.2) is 15.3 Å². The minimum Gasteiger partial charge on any atom is -0.508 e. The van der Waals surface area contributed by atoms with E-state index in [-0.39, 0.29) is 17.2 Å². The van der Waals surface area contributed by atoms with Crippen molar-refractivity contribution in [2.24, 2.45) is 0 Å². The molecule has 3 N–H and O–H groups in total. The summed E-state index contributed by atoms with van der Waals surface area (Å²) in [6.45, 7) is 1.75. The number of hydrogen-bond donors (Lipinski definition) is 3. The van der Waals surface area contributed by atoms with E-state index in [1.807, 2.05) is 0 Å². The van der Waals surface area contributed by atoms with E-state index in [9.17, 15) is 15.3 Å². The van der Waals surface area contributed by atoms with Crippen molar-refractivity contribution in [3.63, 3.8) is 0 Å². The summed E-state index contributed by atoms with van der Waals surface area (Å²) in [5.74, 6) is 0.192. The molecule has 0 aromatic heterocycles. The van der Waals surface area contributed by atoms with Crippen LogP contribution in [0, 0.1) is 6.92 Å². The lowest BCUT2D eigenvalue weighted by atomic mass is 10.0. The number of benzene rings is 2. The Morgan fingerprint density at radius 2 is 1.62 bits per heavy atom. The lowest BCUT2D eigenvalue weighted by molar-refractivity contribution is 0.449. The van der Waals surface area contributed by atoms with Gasteiger partial charge < -0.3 is 15.3 Å². The molecule has 2 rings (SSSR count). The Kier molecular flexibility index (Phi) is 2.44. The van der Waals surface area contributed by atoms with Crippen molar-refractivity contribution in [1.82, 2.24) is 0 Å². The number of phenols is 3. The first-order valence-corrected chi connectivity index (χ1v) is 4.90. The van der Waals surface area contributed by atoms with Crippen molar-refractivity contribution < 1.29 is 15.3 Å². The van der Waals surface area contributed by atoms with E-state index in [4.69, 9.17) is 0 Å². The Morgan fingerprint density at radius 1 is 0.875 bits per heavy atom. The van der Waals surface area contributed by atoms with Crippen LogP contribution in [0.4, 0.5) is 0 Å². The van der Waals surface area contributed by atoms with E-state index in [1.54, 1.807) is 37.3 Å². The molecule has 0 atom stereocenters. The number of phenolic OH excluding ortho intramolecular Hbond substituents is 3. The molecule has 0 amide bonds. The van der Waals surface area contributed by atoms with Crippen LogP contribution in [0.2, 0.25) is 0 Å². The zero-order valence-electron chi connectivity index (χ0n) is 8.81. The van der Waals surface area contributed by atoms with E-state index in [0.717, 1.165) is 0 Å². The van der Waals surface area contributed by atoms with Gasteiger partial charge in [-0.2, -0.15) is 0 Å². The zero-order valence-corrected chi connectivity index (χ0v) is 8.81. The molecular weight excluding hydrogens is 204 g/mol. The van der Waals surface area contributed by atoms with Crippen LogP contribution in [0.5, 0.6) is 17.2 Å². The van der Waals surface area contributed by atoms with Crippen LogP contribution < -0.4 is 0 Å². The molecule has 0 spiro atoms. The fourth-order valence-corrected chi connectivity index (χ4v) is 1.59. The van der Waals surface area contributed by atoms with Gasteiger partial charge in [-0.15, -0.1) is 0 Å². The van der Waals surface area contributed by atoms with Gasteiger partial charge in [-0.05, 0) is 36.2 Å². The molecule has 82 valence electrons. The van der Waals surface area contributed by atoms with E-state index in [2.05, 4.69) is 0 Å². The summed E-state index contributed by atoms with van der Waals surface area (Å²) in [7, 11) is 0. The highest BCUT2D eigenvalue weighted by Crippen LogP contribution is 2.35. The second kappa shape index (κ2) is 3.77. The summed E-state index contributed by atoms with van der Waals surface area (Å²) < 4.78 is 0. The highest BCUT2D eigenvalue weighted by Gasteiger charge is 2.08. The fraction of sp³-hybridized carbons (Fsp3) is 0.0769. The minimum absolute atomic E-state index is 0.00583. The van der Waals surface area contributed by atoms with E-state index in [0.29, 0.717) is 16.7 Å². The molecule has 0 aliphatic rings. The monoisotopic (exact) mass is 216 g/mol. The third-order valence-electron chi connectivity index (χ3n) is 2.47. The molecular formula is C13H12O3. The van der Waals surface area contributed by atoms with Crippen molar-refractivity contribution >= 4 is 0 Å². The highest BCUT2D eigenvalue weighted by molar-refractivity contribution is 5.73. The van der Waals surface area contributed by atoms with Crippen molar-refractivity contribution in [2.75, 3.05) is 0 Å². The Bertz CT molecular complexity index is 533. The molecule has 3 heteroatoms. The average Bonchev–Trinajstić information content (AvgIpc) is 2.23. The standard InChI is InChI=1S/C13H12O3/c1-8-5-11(13(16)7-12(8)15)9-3-2-4-10(14)6-9/h2-7,14-16H,1H3. The third-order valence-corrected chi connectivity index (χ3v) is 2.47. The van der Waals surface area contributed by atoms with Crippen LogP contribution in [0.15, 0.2) is 36.4 Å². The topological polar surface area (TPSA) is 60.7 Å². The maximum absolute atomic E-state index is 9.72. The van der Waals surface area contributed by atoms with Gasteiger partial charge in [0.15, 0.2) is 0 Å². The summed E-state index contributed by atoms with van der Waals surface area (Å²) >= 11 is 0. The van der Waals surface area contributed by atoms with Gasteiger partial charge in [0.1, 0.15) is 17.2 Å². The average molecular weight is 216 g/mol. The van der Waals surface area contributed by atoms with E-state index in [1.165, 1.54) is 6.07 Å². The number of aryl methyl sites for hydroxylation is 1. The molecule has 16 heavy (non-hydrogen) atoms. The van der Waals surface area contributed by atoms with Crippen LogP contribution in [0.1, 0.15) is 5.56 Å². The van der Waals surface area contributed by atoms with Gasteiger partial charge in [-0.3, -0.25) is 0 Å². The third kappa shape index (κ3) is 1.80. The molecule has 0 fully saturated rings. The lowest BCUT2D eigenvalue weighted by Gasteiger charge is -2.08. The lowest BCUT2D eigenvalue weighted by Crippen LogP contribution is -1.82. The van der Waals surface area contributed by atoms with Crippen LogP contribution in [0.25, 0.3) is 11.1 Å². The summed E-state index contributed by atoms with van der Waals surface area (Å²) in [5, 5.41) is 28.5. The highest BCUT2D eigenvalue weighted by atomic mass is 16.3. The smallest absolute Gasteiger partial charge is 0.127 e. The van der Waals surface area contributed by atoms with Crippen LogP contribution in [0.3, 0.4) is 0 Å². The SMILES string of the molecule is Cc1cc(-c2cccc(O)c2)c(O)cc1O. The van der Waals surface area contributed by atoms with Crippen molar-refractivity contribution in [3.05, 3.63) is 42.0 Å². The maximum atomic E-state index is 9.72. The molecule has 3 nitrogen and oxygen atoms in total. The number of aromatic hydroxyl groups is 3. The summed E-state index contributed by atoms with van der Waals surface area (Å²) in [4.78, 5) is 0. The predicted octanol–water partition coefficient (Wildman–Crippen LogP) is 2.78. The Balaban J connectivity index is 2.60. The van der Waals surface area contributed by atoms with E-state index >= 15 is 0 Å². The van der Waals surface area contributed by atoms with Gasteiger partial charge in [0, 0.05) is 11.6 Å². The van der Waals surface area contributed by atoms with E-state index < -0.39 is 0 Å². The van der Waals surface area contributed by atoms with Gasteiger partial charge >= 0.3 is 0 Å². The van der Waals surface area contributed by atoms with Gasteiger partial charge in [-0.1, -0.05) is 12.1 Å². The Hall–Kier alpha value is -2.16. The first kappa shape index (κ1) is 10.4. The summed E-state index contributed by atoms with van der Waals surface area (Å²) in [5.41, 5.74) is 1.97. The number of hydrogen-bond acceptors (Lipinski definition) is 3. The molecule has 0 radical (unpaired) electrons. The fourth-order valence-electron chi connectivity index (χ4n) is 1.59. The van der Waals surface area contributed by atoms with Crippen LogP contribution in [-0.2, 0) is 0 Å². The van der Waals surface area contributed by atoms with Crippen molar-refractivity contribution in [2.45, 2.75) is 6.92 Å². The van der Waals surface area contributed by atoms with Gasteiger partial charge in [0.25, 0.3) is 0 Å².